The van der Waals surface area contributed by atoms with Gasteiger partial charge in [-0.25, -0.2) is 0 Å². The van der Waals surface area contributed by atoms with Gasteiger partial charge in [-0.3, -0.25) is 4.98 Å². The van der Waals surface area contributed by atoms with E-state index in [2.05, 4.69) is 15.1 Å². The molecule has 1 aromatic carbocycles. The Morgan fingerprint density at radius 1 is 1.23 bits per heavy atom. The highest BCUT2D eigenvalue weighted by atomic mass is 16.5. The number of fused-ring (bicyclic) bond motifs is 1. The number of aromatic nitrogens is 3. The van der Waals surface area contributed by atoms with Crippen LogP contribution in [-0.4, -0.2) is 20.2 Å². The zero-order valence-corrected chi connectivity index (χ0v) is 12.8. The first-order valence-corrected chi connectivity index (χ1v) is 7.48. The van der Waals surface area contributed by atoms with Crippen molar-refractivity contribution in [3.63, 3.8) is 0 Å². The van der Waals surface area contributed by atoms with E-state index < -0.39 is 5.60 Å². The predicted octanol–water partition coefficient (Wildman–Crippen LogP) is 3.22. The van der Waals surface area contributed by atoms with Crippen LogP contribution in [-0.2, 0) is 12.0 Å². The second-order valence-electron chi connectivity index (χ2n) is 5.71. The Morgan fingerprint density at radius 2 is 2.05 bits per heavy atom. The average Bonchev–Trinajstić information content (AvgIpc) is 2.97. The van der Waals surface area contributed by atoms with Crippen LogP contribution < -0.4 is 0 Å². The van der Waals surface area contributed by atoms with Crippen LogP contribution in [0.5, 0.6) is 0 Å². The summed E-state index contributed by atoms with van der Waals surface area (Å²) in [6.07, 6.45) is 3.74. The predicted molar refractivity (Wildman–Crippen MR) is 83.3 cm³/mol. The number of hydrogen-bond donors (Lipinski definition) is 1. The second kappa shape index (κ2) is 5.85. The molecule has 0 aliphatic rings. The Hall–Kier alpha value is -2.27. The summed E-state index contributed by atoms with van der Waals surface area (Å²) in [4.78, 5) is 8.77. The van der Waals surface area contributed by atoms with E-state index in [-0.39, 0.29) is 5.89 Å². The Kier molecular flexibility index (Phi) is 3.90. The van der Waals surface area contributed by atoms with Gasteiger partial charge < -0.3 is 9.63 Å². The molecule has 5 nitrogen and oxygen atoms in total. The van der Waals surface area contributed by atoms with Gasteiger partial charge in [0.1, 0.15) is 5.60 Å². The smallest absolute Gasteiger partial charge is 0.258 e. The summed E-state index contributed by atoms with van der Waals surface area (Å²) < 4.78 is 5.23. The molecule has 0 saturated heterocycles. The van der Waals surface area contributed by atoms with Crippen molar-refractivity contribution in [2.45, 2.75) is 38.7 Å². The molecule has 22 heavy (non-hydrogen) atoms. The van der Waals surface area contributed by atoms with E-state index in [0.29, 0.717) is 18.7 Å². The number of benzene rings is 1. The number of nitrogens with zero attached hydrogens (tertiary/aromatic N) is 3. The minimum absolute atomic E-state index is 0.276. The Balaban J connectivity index is 1.89. The van der Waals surface area contributed by atoms with Crippen molar-refractivity contribution < 1.29 is 9.63 Å². The SMILES string of the molecule is CCCC(C)(O)c1nc(Cc2cccc3cccnc23)no1. The molecule has 2 aromatic heterocycles. The summed E-state index contributed by atoms with van der Waals surface area (Å²) in [7, 11) is 0. The summed E-state index contributed by atoms with van der Waals surface area (Å²) in [6, 6.07) is 9.97. The van der Waals surface area contributed by atoms with Gasteiger partial charge in [-0.2, -0.15) is 4.98 Å². The number of aliphatic hydroxyl groups is 1. The molecule has 1 N–H and O–H groups in total. The molecule has 0 saturated carbocycles. The van der Waals surface area contributed by atoms with Crippen molar-refractivity contribution in [2.75, 3.05) is 0 Å². The van der Waals surface area contributed by atoms with Crippen molar-refractivity contribution in [2.24, 2.45) is 0 Å². The molecule has 2 heterocycles. The third-order valence-electron chi connectivity index (χ3n) is 3.73. The maximum atomic E-state index is 10.3. The van der Waals surface area contributed by atoms with Crippen LogP contribution in [0.1, 0.15) is 44.0 Å². The molecule has 0 bridgehead atoms. The van der Waals surface area contributed by atoms with Crippen LogP contribution in [0, 0.1) is 0 Å². The topological polar surface area (TPSA) is 72.0 Å². The van der Waals surface area contributed by atoms with Crippen LogP contribution in [0.3, 0.4) is 0 Å². The van der Waals surface area contributed by atoms with Gasteiger partial charge in [0.2, 0.25) is 0 Å². The molecule has 114 valence electrons. The molecular formula is C17H19N3O2. The standard InChI is InChI=1S/C17H19N3O2/c1-3-9-17(2,21)16-19-14(20-22-16)11-13-7-4-6-12-8-5-10-18-15(12)13/h4-8,10,21H,3,9,11H2,1-2H3. The molecular weight excluding hydrogens is 278 g/mol. The van der Waals surface area contributed by atoms with Crippen LogP contribution in [0.25, 0.3) is 10.9 Å². The number of hydrogen-bond acceptors (Lipinski definition) is 5. The van der Waals surface area contributed by atoms with Gasteiger partial charge in [0.25, 0.3) is 5.89 Å². The van der Waals surface area contributed by atoms with E-state index in [9.17, 15) is 5.11 Å². The zero-order chi connectivity index (χ0) is 15.6. The summed E-state index contributed by atoms with van der Waals surface area (Å²) in [5.74, 6) is 0.835. The lowest BCUT2D eigenvalue weighted by Gasteiger charge is -2.16. The van der Waals surface area contributed by atoms with E-state index in [1.807, 2.05) is 37.3 Å². The maximum Gasteiger partial charge on any atom is 0.258 e. The first-order chi connectivity index (χ1) is 10.6. The first-order valence-electron chi connectivity index (χ1n) is 7.48. The Labute approximate surface area is 129 Å². The van der Waals surface area contributed by atoms with Crippen LogP contribution in [0.15, 0.2) is 41.1 Å². The molecule has 3 aromatic rings. The summed E-state index contributed by atoms with van der Waals surface area (Å²) in [5.41, 5.74) is 0.911. The van der Waals surface area contributed by atoms with E-state index in [0.717, 1.165) is 22.9 Å². The third-order valence-corrected chi connectivity index (χ3v) is 3.73. The lowest BCUT2D eigenvalue weighted by molar-refractivity contribution is 0.0138. The quantitative estimate of drug-likeness (QED) is 0.783. The monoisotopic (exact) mass is 297 g/mol. The largest absolute Gasteiger partial charge is 0.380 e. The molecule has 0 amide bonds. The second-order valence-corrected chi connectivity index (χ2v) is 5.71. The number of rotatable bonds is 5. The molecule has 0 spiro atoms. The lowest BCUT2D eigenvalue weighted by Crippen LogP contribution is -2.21. The molecule has 0 aliphatic carbocycles. The molecule has 0 radical (unpaired) electrons. The minimum Gasteiger partial charge on any atom is -0.380 e. The van der Waals surface area contributed by atoms with Crippen molar-refractivity contribution in [3.05, 3.63) is 53.8 Å². The lowest BCUT2D eigenvalue weighted by atomic mass is 10.0. The molecule has 5 heteroatoms. The van der Waals surface area contributed by atoms with Crippen molar-refractivity contribution in [3.8, 4) is 0 Å². The van der Waals surface area contributed by atoms with Crippen molar-refractivity contribution in [1.82, 2.24) is 15.1 Å². The normalized spacial score (nSPS) is 14.1. The Bertz CT molecular complexity index is 775. The molecule has 0 aliphatic heterocycles. The molecule has 1 atom stereocenters. The van der Waals surface area contributed by atoms with E-state index in [1.54, 1.807) is 13.1 Å². The summed E-state index contributed by atoms with van der Waals surface area (Å²) >= 11 is 0. The number of pyridine rings is 1. The fourth-order valence-electron chi connectivity index (χ4n) is 2.62. The first kappa shape index (κ1) is 14.7. The van der Waals surface area contributed by atoms with Gasteiger partial charge in [0.05, 0.1) is 5.52 Å². The van der Waals surface area contributed by atoms with Crippen molar-refractivity contribution in [1.29, 1.82) is 0 Å². The van der Waals surface area contributed by atoms with Gasteiger partial charge in [0, 0.05) is 18.0 Å². The Morgan fingerprint density at radius 3 is 2.86 bits per heavy atom. The van der Waals surface area contributed by atoms with Gasteiger partial charge >= 0.3 is 0 Å². The fourth-order valence-corrected chi connectivity index (χ4v) is 2.62. The third kappa shape index (κ3) is 2.85. The van der Waals surface area contributed by atoms with E-state index in [4.69, 9.17) is 4.52 Å². The molecule has 1 unspecified atom stereocenters. The van der Waals surface area contributed by atoms with Gasteiger partial charge in [-0.15, -0.1) is 0 Å². The minimum atomic E-state index is -1.07. The van der Waals surface area contributed by atoms with E-state index in [1.165, 1.54) is 0 Å². The highest BCUT2D eigenvalue weighted by Crippen LogP contribution is 2.25. The average molecular weight is 297 g/mol. The summed E-state index contributed by atoms with van der Waals surface area (Å²) in [6.45, 7) is 3.71. The van der Waals surface area contributed by atoms with Crippen molar-refractivity contribution >= 4 is 10.9 Å². The zero-order valence-electron chi connectivity index (χ0n) is 12.8. The highest BCUT2D eigenvalue weighted by molar-refractivity contribution is 5.81. The van der Waals surface area contributed by atoms with Gasteiger partial charge in [0.15, 0.2) is 5.82 Å². The van der Waals surface area contributed by atoms with Crippen LogP contribution in [0.2, 0.25) is 0 Å². The van der Waals surface area contributed by atoms with Gasteiger partial charge in [-0.1, -0.05) is 42.8 Å². The van der Waals surface area contributed by atoms with Crippen LogP contribution >= 0.6 is 0 Å². The highest BCUT2D eigenvalue weighted by Gasteiger charge is 2.29. The molecule has 0 fully saturated rings. The fraction of sp³-hybridized carbons (Fsp3) is 0.353. The summed E-state index contributed by atoms with van der Waals surface area (Å²) in [5, 5.41) is 15.4. The maximum absolute atomic E-state index is 10.3. The van der Waals surface area contributed by atoms with Crippen LogP contribution in [0.4, 0.5) is 0 Å². The van der Waals surface area contributed by atoms with Gasteiger partial charge in [-0.05, 0) is 25.0 Å². The number of para-hydroxylation sites is 1. The van der Waals surface area contributed by atoms with E-state index >= 15 is 0 Å². The molecule has 3 rings (SSSR count).